The van der Waals surface area contributed by atoms with Gasteiger partial charge in [-0.2, -0.15) is 0 Å². The smallest absolute Gasteiger partial charge is 0.408 e. The molecule has 156 valence electrons. The van der Waals surface area contributed by atoms with Crippen molar-refractivity contribution in [3.8, 4) is 5.75 Å². The van der Waals surface area contributed by atoms with Gasteiger partial charge in [-0.1, -0.05) is 78.4 Å². The van der Waals surface area contributed by atoms with Crippen LogP contribution in [-0.4, -0.2) is 18.3 Å². The minimum absolute atomic E-state index is 0.212. The molecule has 1 amide bonds. The molecule has 0 aliphatic carbocycles. The Bertz CT molecular complexity index is 947. The van der Waals surface area contributed by atoms with E-state index in [2.05, 4.69) is 5.32 Å². The average molecular weight is 404 g/mol. The molecule has 0 spiro atoms. The zero-order chi connectivity index (χ0) is 21.6. The van der Waals surface area contributed by atoms with E-state index >= 15 is 0 Å². The summed E-state index contributed by atoms with van der Waals surface area (Å²) >= 11 is 0. The van der Waals surface area contributed by atoms with Gasteiger partial charge in [0.2, 0.25) is 0 Å². The van der Waals surface area contributed by atoms with Crippen LogP contribution in [0.15, 0.2) is 84.9 Å². The molecular formula is C26H29NO3. The van der Waals surface area contributed by atoms with E-state index in [0.717, 1.165) is 22.4 Å². The molecule has 0 radical (unpaired) electrons. The highest BCUT2D eigenvalue weighted by Crippen LogP contribution is 2.32. The first-order valence-corrected chi connectivity index (χ1v) is 10.1. The zero-order valence-electron chi connectivity index (χ0n) is 18.0. The van der Waals surface area contributed by atoms with E-state index in [9.17, 15) is 4.79 Å². The van der Waals surface area contributed by atoms with Gasteiger partial charge in [-0.05, 0) is 51.0 Å². The zero-order valence-corrected chi connectivity index (χ0v) is 18.0. The van der Waals surface area contributed by atoms with Crippen LogP contribution in [0.25, 0.3) is 0 Å². The summed E-state index contributed by atoms with van der Waals surface area (Å²) in [5.74, 6) is 0.732. The standard InChI is InChI=1S/C26H29NO3/c1-20-15-17-22(18-16-20)26(21-11-7-5-8-12-21,27-24(28)30-25(2,3)4)19-29-23-13-9-6-10-14-23/h5-18H,19H2,1-4H3,(H,27,28). The molecule has 3 aromatic rings. The highest BCUT2D eigenvalue weighted by atomic mass is 16.6. The lowest BCUT2D eigenvalue weighted by Gasteiger charge is -2.36. The van der Waals surface area contributed by atoms with Crippen LogP contribution in [0.4, 0.5) is 4.79 Å². The fourth-order valence-electron chi connectivity index (χ4n) is 3.26. The van der Waals surface area contributed by atoms with Crippen molar-refractivity contribution in [1.29, 1.82) is 0 Å². The van der Waals surface area contributed by atoms with Crippen LogP contribution in [0.5, 0.6) is 5.75 Å². The Morgan fingerprint density at radius 3 is 1.90 bits per heavy atom. The predicted octanol–water partition coefficient (Wildman–Crippen LogP) is 5.84. The Labute approximate surface area is 178 Å². The van der Waals surface area contributed by atoms with Gasteiger partial charge in [-0.15, -0.1) is 0 Å². The van der Waals surface area contributed by atoms with Gasteiger partial charge in [-0.25, -0.2) is 4.79 Å². The Kier molecular flexibility index (Phi) is 6.46. The summed E-state index contributed by atoms with van der Waals surface area (Å²) < 4.78 is 11.8. The van der Waals surface area contributed by atoms with Crippen LogP contribution in [0.1, 0.15) is 37.5 Å². The predicted molar refractivity (Wildman–Crippen MR) is 120 cm³/mol. The van der Waals surface area contributed by atoms with Crippen molar-refractivity contribution >= 4 is 6.09 Å². The number of hydrogen-bond donors (Lipinski definition) is 1. The molecule has 4 nitrogen and oxygen atoms in total. The maximum absolute atomic E-state index is 12.9. The number of carbonyl (C=O) groups is 1. The van der Waals surface area contributed by atoms with Gasteiger partial charge < -0.3 is 14.8 Å². The number of nitrogens with one attached hydrogen (secondary N) is 1. The first-order chi connectivity index (χ1) is 14.3. The molecule has 0 aromatic heterocycles. The minimum Gasteiger partial charge on any atom is -0.490 e. The largest absolute Gasteiger partial charge is 0.490 e. The van der Waals surface area contributed by atoms with Crippen molar-refractivity contribution in [2.45, 2.75) is 38.8 Å². The van der Waals surface area contributed by atoms with Crippen molar-refractivity contribution in [2.75, 3.05) is 6.61 Å². The quantitative estimate of drug-likeness (QED) is 0.562. The molecule has 4 heteroatoms. The van der Waals surface area contributed by atoms with Crippen molar-refractivity contribution in [1.82, 2.24) is 5.32 Å². The third-order valence-corrected chi connectivity index (χ3v) is 4.72. The Morgan fingerprint density at radius 1 is 0.800 bits per heavy atom. The second-order valence-corrected chi connectivity index (χ2v) is 8.37. The molecule has 0 saturated carbocycles. The van der Waals surface area contributed by atoms with E-state index in [1.54, 1.807) is 0 Å². The number of alkyl carbamates (subject to hydrolysis) is 1. The first kappa shape index (κ1) is 21.4. The summed E-state index contributed by atoms with van der Waals surface area (Å²) in [6.45, 7) is 7.80. The third kappa shape index (κ3) is 5.41. The Morgan fingerprint density at radius 2 is 1.33 bits per heavy atom. The van der Waals surface area contributed by atoms with E-state index in [4.69, 9.17) is 9.47 Å². The van der Waals surface area contributed by atoms with E-state index < -0.39 is 17.2 Å². The normalized spacial score (nSPS) is 13.2. The maximum atomic E-state index is 12.9. The molecule has 3 aromatic carbocycles. The highest BCUT2D eigenvalue weighted by Gasteiger charge is 2.38. The number of benzene rings is 3. The molecule has 0 fully saturated rings. The summed E-state index contributed by atoms with van der Waals surface area (Å²) in [7, 11) is 0. The number of hydrogen-bond acceptors (Lipinski definition) is 3. The number of rotatable bonds is 6. The Hall–Kier alpha value is -3.27. The maximum Gasteiger partial charge on any atom is 0.408 e. The summed E-state index contributed by atoms with van der Waals surface area (Å²) in [6, 6.07) is 27.5. The highest BCUT2D eigenvalue weighted by molar-refractivity contribution is 5.70. The SMILES string of the molecule is Cc1ccc(C(COc2ccccc2)(NC(=O)OC(C)(C)C)c2ccccc2)cc1. The minimum atomic E-state index is -0.923. The average Bonchev–Trinajstić information content (AvgIpc) is 2.72. The van der Waals surface area contributed by atoms with Gasteiger partial charge in [0.25, 0.3) is 0 Å². The van der Waals surface area contributed by atoms with Crippen molar-refractivity contribution in [3.63, 3.8) is 0 Å². The molecule has 3 rings (SSSR count). The van der Waals surface area contributed by atoms with Crippen LogP contribution in [0.2, 0.25) is 0 Å². The fraction of sp³-hybridized carbons (Fsp3) is 0.269. The topological polar surface area (TPSA) is 47.6 Å². The van der Waals surface area contributed by atoms with E-state index in [1.165, 1.54) is 0 Å². The van der Waals surface area contributed by atoms with Gasteiger partial charge in [0.05, 0.1) is 0 Å². The van der Waals surface area contributed by atoms with Crippen LogP contribution < -0.4 is 10.1 Å². The molecule has 1 atom stereocenters. The van der Waals surface area contributed by atoms with Gasteiger partial charge >= 0.3 is 6.09 Å². The summed E-state index contributed by atoms with van der Waals surface area (Å²) in [6.07, 6.45) is -0.497. The van der Waals surface area contributed by atoms with Gasteiger partial charge in [0.1, 0.15) is 23.5 Å². The molecular weight excluding hydrogens is 374 g/mol. The number of para-hydroxylation sites is 1. The molecule has 0 bridgehead atoms. The van der Waals surface area contributed by atoms with E-state index in [0.29, 0.717) is 0 Å². The van der Waals surface area contributed by atoms with Crippen LogP contribution in [0.3, 0.4) is 0 Å². The third-order valence-electron chi connectivity index (χ3n) is 4.72. The van der Waals surface area contributed by atoms with Crippen LogP contribution in [-0.2, 0) is 10.3 Å². The van der Waals surface area contributed by atoms with Crippen LogP contribution in [0, 0.1) is 6.92 Å². The summed E-state index contributed by atoms with van der Waals surface area (Å²) in [5, 5.41) is 3.12. The second kappa shape index (κ2) is 9.04. The first-order valence-electron chi connectivity index (χ1n) is 10.1. The van der Waals surface area contributed by atoms with Crippen molar-refractivity contribution in [2.24, 2.45) is 0 Å². The second-order valence-electron chi connectivity index (χ2n) is 8.37. The van der Waals surface area contributed by atoms with Crippen LogP contribution >= 0.6 is 0 Å². The molecule has 0 aliphatic rings. The van der Waals surface area contributed by atoms with E-state index in [1.807, 2.05) is 113 Å². The molecule has 0 aliphatic heterocycles. The summed E-state index contributed by atoms with van der Waals surface area (Å²) in [5.41, 5.74) is 1.44. The summed E-state index contributed by atoms with van der Waals surface area (Å²) in [4.78, 5) is 12.9. The number of amides is 1. The van der Waals surface area contributed by atoms with Crippen molar-refractivity contribution < 1.29 is 14.3 Å². The molecule has 1 N–H and O–H groups in total. The monoisotopic (exact) mass is 403 g/mol. The Balaban J connectivity index is 2.07. The fourth-order valence-corrected chi connectivity index (χ4v) is 3.26. The lowest BCUT2D eigenvalue weighted by Crippen LogP contribution is -2.52. The lowest BCUT2D eigenvalue weighted by molar-refractivity contribution is 0.0440. The van der Waals surface area contributed by atoms with Crippen molar-refractivity contribution in [3.05, 3.63) is 102 Å². The van der Waals surface area contributed by atoms with Gasteiger partial charge in [0, 0.05) is 0 Å². The molecule has 0 saturated heterocycles. The lowest BCUT2D eigenvalue weighted by atomic mass is 9.83. The van der Waals surface area contributed by atoms with Gasteiger partial charge in [0.15, 0.2) is 0 Å². The molecule has 1 unspecified atom stereocenters. The molecule has 30 heavy (non-hydrogen) atoms. The van der Waals surface area contributed by atoms with E-state index in [-0.39, 0.29) is 6.61 Å². The number of ether oxygens (including phenoxy) is 2. The molecule has 0 heterocycles. The number of carbonyl (C=O) groups excluding carboxylic acids is 1. The number of aryl methyl sites for hydroxylation is 1. The van der Waals surface area contributed by atoms with Gasteiger partial charge in [-0.3, -0.25) is 0 Å².